The number of hydrogen-bond donors (Lipinski definition) is 2. The Hall–Kier alpha value is -0.430. The fraction of sp³-hybridized carbons (Fsp3) is 0.417. The summed E-state index contributed by atoms with van der Waals surface area (Å²) in [6.07, 6.45) is 0. The quantitative estimate of drug-likeness (QED) is 0.848. The predicted octanol–water partition coefficient (Wildman–Crippen LogP) is 2.06. The van der Waals surface area contributed by atoms with Crippen molar-refractivity contribution >= 4 is 43.5 Å². The number of carbonyl (C=O) groups excluding carboxylic acids is 1. The van der Waals surface area contributed by atoms with E-state index >= 15 is 0 Å². The SMILES string of the molecule is O=C(CN1CCNCC1)Nc1ccc(Br)cc1Br. The molecule has 0 aromatic heterocycles. The number of benzene rings is 1. The van der Waals surface area contributed by atoms with Crippen LogP contribution in [0.4, 0.5) is 5.69 Å². The molecule has 98 valence electrons. The number of rotatable bonds is 3. The van der Waals surface area contributed by atoms with Crippen LogP contribution in [0.3, 0.4) is 0 Å². The third kappa shape index (κ3) is 4.05. The highest BCUT2D eigenvalue weighted by atomic mass is 79.9. The maximum Gasteiger partial charge on any atom is 0.238 e. The first-order valence-electron chi connectivity index (χ1n) is 5.83. The lowest BCUT2D eigenvalue weighted by Gasteiger charge is -2.26. The van der Waals surface area contributed by atoms with Gasteiger partial charge in [0, 0.05) is 35.1 Å². The Labute approximate surface area is 123 Å². The Morgan fingerprint density at radius 2 is 2.06 bits per heavy atom. The molecule has 0 bridgehead atoms. The number of amides is 1. The summed E-state index contributed by atoms with van der Waals surface area (Å²) in [6.45, 7) is 4.21. The molecule has 0 spiro atoms. The van der Waals surface area contributed by atoms with Gasteiger partial charge in [0.15, 0.2) is 0 Å². The Morgan fingerprint density at radius 1 is 1.33 bits per heavy atom. The molecule has 1 aromatic carbocycles. The van der Waals surface area contributed by atoms with Crippen LogP contribution in [0.5, 0.6) is 0 Å². The van der Waals surface area contributed by atoms with Gasteiger partial charge in [-0.1, -0.05) is 15.9 Å². The van der Waals surface area contributed by atoms with Crippen molar-refractivity contribution in [2.45, 2.75) is 0 Å². The van der Waals surface area contributed by atoms with Gasteiger partial charge in [0.05, 0.1) is 12.2 Å². The molecule has 1 amide bonds. The zero-order valence-electron chi connectivity index (χ0n) is 9.88. The first kappa shape index (κ1) is 14.0. The normalized spacial score (nSPS) is 16.6. The second-order valence-corrected chi connectivity index (χ2v) is 5.97. The van der Waals surface area contributed by atoms with E-state index in [9.17, 15) is 4.79 Å². The van der Waals surface area contributed by atoms with Crippen LogP contribution in [0.1, 0.15) is 0 Å². The van der Waals surface area contributed by atoms with Crippen molar-refractivity contribution in [1.82, 2.24) is 10.2 Å². The summed E-state index contributed by atoms with van der Waals surface area (Å²) in [4.78, 5) is 14.1. The summed E-state index contributed by atoms with van der Waals surface area (Å²) < 4.78 is 1.86. The van der Waals surface area contributed by atoms with E-state index < -0.39 is 0 Å². The van der Waals surface area contributed by atoms with Crippen molar-refractivity contribution < 1.29 is 4.79 Å². The number of piperazine rings is 1. The zero-order valence-corrected chi connectivity index (χ0v) is 13.1. The molecule has 0 unspecified atom stereocenters. The predicted molar refractivity (Wildman–Crippen MR) is 79.8 cm³/mol. The zero-order chi connectivity index (χ0) is 13.0. The van der Waals surface area contributed by atoms with Gasteiger partial charge in [-0.3, -0.25) is 9.69 Å². The molecule has 6 heteroatoms. The highest BCUT2D eigenvalue weighted by Crippen LogP contribution is 2.26. The Balaban J connectivity index is 1.90. The molecule has 1 aliphatic heterocycles. The minimum atomic E-state index is 0.0277. The summed E-state index contributed by atoms with van der Waals surface area (Å²) in [5, 5.41) is 6.18. The molecule has 1 saturated heterocycles. The molecule has 4 nitrogen and oxygen atoms in total. The highest BCUT2D eigenvalue weighted by molar-refractivity contribution is 9.11. The highest BCUT2D eigenvalue weighted by Gasteiger charge is 2.14. The summed E-state index contributed by atoms with van der Waals surface area (Å²) in [6, 6.07) is 5.70. The van der Waals surface area contributed by atoms with Gasteiger partial charge >= 0.3 is 0 Å². The van der Waals surface area contributed by atoms with E-state index in [-0.39, 0.29) is 5.91 Å². The monoisotopic (exact) mass is 375 g/mol. The molecule has 1 fully saturated rings. The number of nitrogens with zero attached hydrogens (tertiary/aromatic N) is 1. The fourth-order valence-electron chi connectivity index (χ4n) is 1.85. The Morgan fingerprint density at radius 3 is 2.72 bits per heavy atom. The van der Waals surface area contributed by atoms with Crippen LogP contribution >= 0.6 is 31.9 Å². The van der Waals surface area contributed by atoms with Gasteiger partial charge in [-0.25, -0.2) is 0 Å². The van der Waals surface area contributed by atoms with Crippen LogP contribution in [0, 0.1) is 0 Å². The van der Waals surface area contributed by atoms with E-state index in [1.165, 1.54) is 0 Å². The van der Waals surface area contributed by atoms with Crippen LogP contribution in [-0.4, -0.2) is 43.5 Å². The summed E-state index contributed by atoms with van der Waals surface area (Å²) in [5.74, 6) is 0.0277. The Bertz CT molecular complexity index is 433. The van der Waals surface area contributed by atoms with Crippen molar-refractivity contribution in [3.63, 3.8) is 0 Å². The summed E-state index contributed by atoms with van der Waals surface area (Å²) in [7, 11) is 0. The smallest absolute Gasteiger partial charge is 0.238 e. The van der Waals surface area contributed by atoms with Crippen LogP contribution in [0.25, 0.3) is 0 Å². The molecular formula is C12H15Br2N3O. The lowest BCUT2D eigenvalue weighted by molar-refractivity contribution is -0.117. The van der Waals surface area contributed by atoms with Gasteiger partial charge in [-0.15, -0.1) is 0 Å². The first-order valence-corrected chi connectivity index (χ1v) is 7.42. The average molecular weight is 377 g/mol. The van der Waals surface area contributed by atoms with Gasteiger partial charge in [0.25, 0.3) is 0 Å². The van der Waals surface area contributed by atoms with Crippen molar-refractivity contribution in [3.8, 4) is 0 Å². The van der Waals surface area contributed by atoms with Gasteiger partial charge in [0.1, 0.15) is 0 Å². The van der Waals surface area contributed by atoms with E-state index in [2.05, 4.69) is 47.4 Å². The Kier molecular flexibility index (Phi) is 5.17. The molecule has 0 aliphatic carbocycles. The maximum absolute atomic E-state index is 11.9. The van der Waals surface area contributed by atoms with Crippen LogP contribution in [0.2, 0.25) is 0 Å². The molecule has 0 saturated carbocycles. The van der Waals surface area contributed by atoms with Crippen molar-refractivity contribution in [3.05, 3.63) is 27.1 Å². The maximum atomic E-state index is 11.9. The second kappa shape index (κ2) is 6.65. The first-order chi connectivity index (χ1) is 8.65. The van der Waals surface area contributed by atoms with Gasteiger partial charge in [-0.2, -0.15) is 0 Å². The van der Waals surface area contributed by atoms with Crippen molar-refractivity contribution in [1.29, 1.82) is 0 Å². The third-order valence-electron chi connectivity index (χ3n) is 2.78. The van der Waals surface area contributed by atoms with Crippen LogP contribution in [-0.2, 0) is 4.79 Å². The summed E-state index contributed by atoms with van der Waals surface area (Å²) >= 11 is 6.82. The number of hydrogen-bond acceptors (Lipinski definition) is 3. The lowest BCUT2D eigenvalue weighted by Crippen LogP contribution is -2.46. The van der Waals surface area contributed by atoms with Gasteiger partial charge in [0.2, 0.25) is 5.91 Å². The standard InChI is InChI=1S/C12H15Br2N3O/c13-9-1-2-11(10(14)7-9)16-12(18)8-17-5-3-15-4-6-17/h1-2,7,15H,3-6,8H2,(H,16,18). The van der Waals surface area contributed by atoms with Crippen LogP contribution in [0.15, 0.2) is 27.1 Å². The van der Waals surface area contributed by atoms with Crippen LogP contribution < -0.4 is 10.6 Å². The van der Waals surface area contributed by atoms with Crippen molar-refractivity contribution in [2.24, 2.45) is 0 Å². The average Bonchev–Trinajstić information content (AvgIpc) is 2.34. The third-order valence-corrected chi connectivity index (χ3v) is 3.93. The number of halogens is 2. The molecule has 1 heterocycles. The van der Waals surface area contributed by atoms with Gasteiger partial charge < -0.3 is 10.6 Å². The molecule has 1 aromatic rings. The minimum Gasteiger partial charge on any atom is -0.324 e. The van der Waals surface area contributed by atoms with E-state index in [1.807, 2.05) is 18.2 Å². The molecule has 1 aliphatic rings. The molecule has 2 N–H and O–H groups in total. The van der Waals surface area contributed by atoms with E-state index in [4.69, 9.17) is 0 Å². The molecule has 0 radical (unpaired) electrons. The van der Waals surface area contributed by atoms with Gasteiger partial charge in [-0.05, 0) is 34.1 Å². The molecule has 0 atom stereocenters. The van der Waals surface area contributed by atoms with E-state index in [0.29, 0.717) is 6.54 Å². The number of nitrogens with one attached hydrogen (secondary N) is 2. The molecule has 2 rings (SSSR count). The molecule has 18 heavy (non-hydrogen) atoms. The van der Waals surface area contributed by atoms with Crippen molar-refractivity contribution in [2.75, 3.05) is 38.0 Å². The van der Waals surface area contributed by atoms with E-state index in [0.717, 1.165) is 40.8 Å². The molecular weight excluding hydrogens is 362 g/mol. The minimum absolute atomic E-state index is 0.0277. The number of anilines is 1. The lowest BCUT2D eigenvalue weighted by atomic mass is 10.3. The summed E-state index contributed by atoms with van der Waals surface area (Å²) in [5.41, 5.74) is 0.804. The fourth-order valence-corrected chi connectivity index (χ4v) is 3.00. The number of carbonyl (C=O) groups is 1. The topological polar surface area (TPSA) is 44.4 Å². The largest absolute Gasteiger partial charge is 0.324 e. The van der Waals surface area contributed by atoms with E-state index in [1.54, 1.807) is 0 Å². The second-order valence-electron chi connectivity index (χ2n) is 4.20.